The van der Waals surface area contributed by atoms with Crippen LogP contribution in [-0.2, 0) is 14.8 Å². The zero-order valence-corrected chi connectivity index (χ0v) is 14.2. The molecule has 2 aromatic rings. The third kappa shape index (κ3) is 3.62. The van der Waals surface area contributed by atoms with Crippen molar-refractivity contribution < 1.29 is 17.9 Å². The maximum atomic E-state index is 12.5. The van der Waals surface area contributed by atoms with Gasteiger partial charge in [0.1, 0.15) is 10.6 Å². The molecule has 0 spiro atoms. The first-order valence-electron chi connectivity index (χ1n) is 7.30. The molecule has 2 heterocycles. The van der Waals surface area contributed by atoms with Crippen LogP contribution in [0.25, 0.3) is 0 Å². The third-order valence-corrected chi connectivity index (χ3v) is 5.70. The summed E-state index contributed by atoms with van der Waals surface area (Å²) >= 11 is 5.87. The molecule has 7 nitrogen and oxygen atoms in total. The van der Waals surface area contributed by atoms with Gasteiger partial charge in [-0.2, -0.15) is 4.31 Å². The van der Waals surface area contributed by atoms with Crippen LogP contribution < -0.4 is 5.32 Å². The van der Waals surface area contributed by atoms with Crippen molar-refractivity contribution in [2.24, 2.45) is 0 Å². The van der Waals surface area contributed by atoms with Gasteiger partial charge in [0.2, 0.25) is 10.0 Å². The SMILES string of the molecule is O=C(Nc1cccc(Cl)c1)c1cc(S(=O)(=O)N2CCOCC2)c[nH]1. The molecule has 0 unspecified atom stereocenters. The summed E-state index contributed by atoms with van der Waals surface area (Å²) in [4.78, 5) is 15.0. The normalized spacial score (nSPS) is 16.0. The number of rotatable bonds is 4. The Kier molecular flexibility index (Phi) is 4.91. The zero-order chi connectivity index (χ0) is 17.2. The number of carbonyl (C=O) groups excluding carboxylic acids is 1. The maximum Gasteiger partial charge on any atom is 0.272 e. The average molecular weight is 370 g/mol. The fraction of sp³-hybridized carbons (Fsp3) is 0.267. The van der Waals surface area contributed by atoms with Gasteiger partial charge in [0.25, 0.3) is 5.91 Å². The minimum Gasteiger partial charge on any atom is -0.379 e. The van der Waals surface area contributed by atoms with Crippen LogP contribution in [0.15, 0.2) is 41.4 Å². The van der Waals surface area contributed by atoms with E-state index in [9.17, 15) is 13.2 Å². The lowest BCUT2D eigenvalue weighted by Gasteiger charge is -2.25. The van der Waals surface area contributed by atoms with Gasteiger partial charge in [-0.05, 0) is 24.3 Å². The summed E-state index contributed by atoms with van der Waals surface area (Å²) in [5, 5.41) is 3.16. The van der Waals surface area contributed by atoms with E-state index in [1.54, 1.807) is 24.3 Å². The van der Waals surface area contributed by atoms with Gasteiger partial charge in [0.15, 0.2) is 0 Å². The molecule has 0 aliphatic carbocycles. The minimum absolute atomic E-state index is 0.0562. The molecule has 128 valence electrons. The summed E-state index contributed by atoms with van der Waals surface area (Å²) in [6.07, 6.45) is 1.32. The molecule has 1 aliphatic heterocycles. The Bertz CT molecular complexity index is 844. The predicted octanol–water partition coefficient (Wildman–Crippen LogP) is 1.94. The van der Waals surface area contributed by atoms with E-state index in [0.717, 1.165) is 0 Å². The number of ether oxygens (including phenoxy) is 1. The molecule has 3 rings (SSSR count). The highest BCUT2D eigenvalue weighted by molar-refractivity contribution is 7.89. The Morgan fingerprint density at radius 2 is 2.00 bits per heavy atom. The van der Waals surface area contributed by atoms with Crippen LogP contribution in [-0.4, -0.2) is 49.9 Å². The molecular formula is C15H16ClN3O4S. The number of halogens is 1. The molecule has 0 bridgehead atoms. The zero-order valence-electron chi connectivity index (χ0n) is 12.7. The van der Waals surface area contributed by atoms with Gasteiger partial charge in [-0.15, -0.1) is 0 Å². The van der Waals surface area contributed by atoms with Crippen LogP contribution in [0.4, 0.5) is 5.69 Å². The summed E-state index contributed by atoms with van der Waals surface area (Å²) in [5.41, 5.74) is 0.682. The Morgan fingerprint density at radius 3 is 2.71 bits per heavy atom. The van der Waals surface area contributed by atoms with E-state index in [1.807, 2.05) is 0 Å². The second kappa shape index (κ2) is 6.94. The largest absolute Gasteiger partial charge is 0.379 e. The quantitative estimate of drug-likeness (QED) is 0.861. The van der Waals surface area contributed by atoms with Gasteiger partial charge in [-0.3, -0.25) is 4.79 Å². The molecule has 1 amide bonds. The summed E-state index contributed by atoms with van der Waals surface area (Å²) in [6.45, 7) is 1.34. The molecular weight excluding hydrogens is 354 g/mol. The van der Waals surface area contributed by atoms with Gasteiger partial charge in [0.05, 0.1) is 13.2 Å². The second-order valence-electron chi connectivity index (χ2n) is 5.23. The number of benzene rings is 1. The topological polar surface area (TPSA) is 91.5 Å². The van der Waals surface area contributed by atoms with Crippen LogP contribution >= 0.6 is 11.6 Å². The average Bonchev–Trinajstić information content (AvgIpc) is 3.07. The first-order chi connectivity index (χ1) is 11.5. The van der Waals surface area contributed by atoms with Crippen LogP contribution in [0.1, 0.15) is 10.5 Å². The van der Waals surface area contributed by atoms with Crippen LogP contribution in [0.3, 0.4) is 0 Å². The van der Waals surface area contributed by atoms with Crippen LogP contribution in [0.5, 0.6) is 0 Å². The molecule has 1 aliphatic rings. The van der Waals surface area contributed by atoms with E-state index < -0.39 is 15.9 Å². The highest BCUT2D eigenvalue weighted by Crippen LogP contribution is 2.20. The number of anilines is 1. The van der Waals surface area contributed by atoms with Crippen LogP contribution in [0, 0.1) is 0 Å². The third-order valence-electron chi connectivity index (χ3n) is 3.59. The first kappa shape index (κ1) is 17.0. The lowest BCUT2D eigenvalue weighted by Crippen LogP contribution is -2.40. The maximum absolute atomic E-state index is 12.5. The van der Waals surface area contributed by atoms with Crippen LogP contribution in [0.2, 0.25) is 5.02 Å². The highest BCUT2D eigenvalue weighted by Gasteiger charge is 2.27. The van der Waals surface area contributed by atoms with E-state index in [4.69, 9.17) is 16.3 Å². The van der Waals surface area contributed by atoms with Gasteiger partial charge in [0, 0.05) is 30.0 Å². The van der Waals surface area contributed by atoms with Crippen molar-refractivity contribution in [3.8, 4) is 0 Å². The van der Waals surface area contributed by atoms with E-state index in [-0.39, 0.29) is 10.6 Å². The number of nitrogens with one attached hydrogen (secondary N) is 2. The summed E-state index contributed by atoms with van der Waals surface area (Å²) < 4.78 is 31.6. The monoisotopic (exact) mass is 369 g/mol. The number of nitrogens with zero attached hydrogens (tertiary/aromatic N) is 1. The molecule has 0 saturated carbocycles. The molecule has 24 heavy (non-hydrogen) atoms. The van der Waals surface area contributed by atoms with Gasteiger partial charge >= 0.3 is 0 Å². The summed E-state index contributed by atoms with van der Waals surface area (Å²) in [7, 11) is -3.63. The van der Waals surface area contributed by atoms with Crippen molar-refractivity contribution in [1.29, 1.82) is 0 Å². The van der Waals surface area contributed by atoms with E-state index in [2.05, 4.69) is 10.3 Å². The fourth-order valence-corrected chi connectivity index (χ4v) is 3.95. The number of aromatic amines is 1. The van der Waals surface area contributed by atoms with E-state index >= 15 is 0 Å². The number of hydrogen-bond donors (Lipinski definition) is 2. The summed E-state index contributed by atoms with van der Waals surface area (Å²) in [5.74, 6) is -0.444. The molecule has 1 aromatic carbocycles. The smallest absolute Gasteiger partial charge is 0.272 e. The van der Waals surface area contributed by atoms with Crippen molar-refractivity contribution in [3.05, 3.63) is 47.2 Å². The molecule has 1 aromatic heterocycles. The molecule has 2 N–H and O–H groups in total. The standard InChI is InChI=1S/C15H16ClN3O4S/c16-11-2-1-3-12(8-11)18-15(20)14-9-13(10-17-14)24(21,22)19-4-6-23-7-5-19/h1-3,8-10,17H,4-7H2,(H,18,20). The van der Waals surface area contributed by atoms with E-state index in [1.165, 1.54) is 16.6 Å². The molecule has 9 heteroatoms. The summed E-state index contributed by atoms with van der Waals surface area (Å²) in [6, 6.07) is 8.02. The number of morpholine rings is 1. The molecule has 1 saturated heterocycles. The highest BCUT2D eigenvalue weighted by atomic mass is 35.5. The molecule has 0 radical (unpaired) electrons. The number of H-pyrrole nitrogens is 1. The lowest BCUT2D eigenvalue weighted by molar-refractivity contribution is 0.0730. The van der Waals surface area contributed by atoms with Gasteiger partial charge in [-0.25, -0.2) is 8.42 Å². The number of carbonyl (C=O) groups is 1. The number of aromatic nitrogens is 1. The first-order valence-corrected chi connectivity index (χ1v) is 9.12. The second-order valence-corrected chi connectivity index (χ2v) is 7.60. The number of amides is 1. The van der Waals surface area contributed by atoms with Crippen molar-refractivity contribution in [3.63, 3.8) is 0 Å². The predicted molar refractivity (Wildman–Crippen MR) is 89.8 cm³/mol. The minimum atomic E-state index is -3.63. The number of hydrogen-bond acceptors (Lipinski definition) is 4. The van der Waals surface area contributed by atoms with Crippen molar-refractivity contribution >= 4 is 33.2 Å². The Hall–Kier alpha value is -1.87. The lowest BCUT2D eigenvalue weighted by atomic mass is 10.3. The Balaban J connectivity index is 1.76. The van der Waals surface area contributed by atoms with E-state index in [0.29, 0.717) is 37.0 Å². The van der Waals surface area contributed by atoms with Gasteiger partial charge < -0.3 is 15.0 Å². The molecule has 1 fully saturated rings. The Labute approximate surface area is 144 Å². The molecule has 0 atom stereocenters. The Morgan fingerprint density at radius 1 is 1.25 bits per heavy atom. The van der Waals surface area contributed by atoms with Crippen molar-refractivity contribution in [2.75, 3.05) is 31.6 Å². The van der Waals surface area contributed by atoms with Crippen molar-refractivity contribution in [1.82, 2.24) is 9.29 Å². The van der Waals surface area contributed by atoms with Gasteiger partial charge in [-0.1, -0.05) is 17.7 Å². The number of sulfonamides is 1. The fourth-order valence-electron chi connectivity index (χ4n) is 2.36. The van der Waals surface area contributed by atoms with Crippen molar-refractivity contribution in [2.45, 2.75) is 4.90 Å².